The molecule has 0 radical (unpaired) electrons. The molecule has 5 aromatic rings. The molecule has 4 aliphatic rings. The summed E-state index contributed by atoms with van der Waals surface area (Å²) < 4.78 is 0. The Balaban J connectivity index is 1.45. The fourth-order valence-corrected chi connectivity index (χ4v) is 8.24. The van der Waals surface area contributed by atoms with Crippen molar-refractivity contribution in [3.05, 3.63) is 159 Å². The van der Waals surface area contributed by atoms with Crippen LogP contribution in [0, 0.1) is 13.8 Å². The van der Waals surface area contributed by atoms with E-state index in [1.807, 2.05) is 0 Å². The summed E-state index contributed by atoms with van der Waals surface area (Å²) in [5.41, 5.74) is 16.8. The fourth-order valence-electron chi connectivity index (χ4n) is 8.24. The van der Waals surface area contributed by atoms with Crippen molar-refractivity contribution in [1.82, 2.24) is 0 Å². The van der Waals surface area contributed by atoms with Crippen molar-refractivity contribution in [3.63, 3.8) is 0 Å². The van der Waals surface area contributed by atoms with Gasteiger partial charge in [-0.15, -0.1) is 0 Å². The van der Waals surface area contributed by atoms with Crippen molar-refractivity contribution in [1.29, 1.82) is 0 Å². The van der Waals surface area contributed by atoms with Crippen molar-refractivity contribution >= 4 is 22.2 Å². The molecule has 9 rings (SSSR count). The van der Waals surface area contributed by atoms with E-state index < -0.39 is 0 Å². The van der Waals surface area contributed by atoms with Crippen LogP contribution >= 0.6 is 0 Å². The second kappa shape index (κ2) is 7.20. The molecule has 1 nitrogen and oxygen atoms in total. The fraction of sp³-hybridized carbons (Fsp3) is 0.162. The van der Waals surface area contributed by atoms with Gasteiger partial charge in [0.2, 0.25) is 0 Å². The van der Waals surface area contributed by atoms with Crippen molar-refractivity contribution in [2.24, 2.45) is 4.99 Å². The van der Waals surface area contributed by atoms with Crippen molar-refractivity contribution < 1.29 is 0 Å². The number of hydrogen-bond acceptors (Lipinski definition) is 1. The molecule has 0 N–H and O–H groups in total. The van der Waals surface area contributed by atoms with E-state index in [0.29, 0.717) is 0 Å². The van der Waals surface area contributed by atoms with Gasteiger partial charge in [0.05, 0.1) is 11.6 Å². The monoisotopic (exact) mass is 485 g/mol. The molecule has 180 valence electrons. The summed E-state index contributed by atoms with van der Waals surface area (Å²) in [4.78, 5) is 5.42. The molecule has 1 heteroatoms. The van der Waals surface area contributed by atoms with Crippen molar-refractivity contribution in [3.8, 4) is 0 Å². The molecule has 1 heterocycles. The number of hydrogen-bond donors (Lipinski definition) is 0. The Morgan fingerprint density at radius 3 is 1.97 bits per heavy atom. The van der Waals surface area contributed by atoms with Crippen LogP contribution in [0.4, 0.5) is 5.69 Å². The summed E-state index contributed by atoms with van der Waals surface area (Å²) >= 11 is 0. The minimum absolute atomic E-state index is 0.229. The van der Waals surface area contributed by atoms with Crippen LogP contribution in [0.15, 0.2) is 108 Å². The molecule has 0 aromatic heterocycles. The van der Waals surface area contributed by atoms with Crippen LogP contribution in [0.3, 0.4) is 0 Å². The van der Waals surface area contributed by atoms with Gasteiger partial charge in [-0.3, -0.25) is 4.99 Å². The molecule has 0 bridgehead atoms. The van der Waals surface area contributed by atoms with Crippen LogP contribution in [0.5, 0.6) is 0 Å². The first-order valence-electron chi connectivity index (χ1n) is 13.8. The molecule has 0 fully saturated rings. The zero-order valence-corrected chi connectivity index (χ0v) is 21.6. The van der Waals surface area contributed by atoms with E-state index in [1.54, 1.807) is 0 Å². The maximum Gasteiger partial charge on any atom is 0.0675 e. The number of rotatable bonds is 2. The zero-order valence-electron chi connectivity index (χ0n) is 21.6. The van der Waals surface area contributed by atoms with Gasteiger partial charge in [-0.1, -0.05) is 97.1 Å². The molecule has 3 aliphatic carbocycles. The van der Waals surface area contributed by atoms with Gasteiger partial charge < -0.3 is 0 Å². The van der Waals surface area contributed by atoms with Crippen molar-refractivity contribution in [2.45, 2.75) is 37.5 Å². The van der Waals surface area contributed by atoms with E-state index in [-0.39, 0.29) is 23.7 Å². The lowest BCUT2D eigenvalue weighted by Crippen LogP contribution is -2.31. The van der Waals surface area contributed by atoms with Gasteiger partial charge in [0.25, 0.3) is 0 Å². The first-order valence-corrected chi connectivity index (χ1v) is 13.8. The van der Waals surface area contributed by atoms with Gasteiger partial charge >= 0.3 is 0 Å². The smallest absolute Gasteiger partial charge is 0.0675 e. The van der Waals surface area contributed by atoms with Gasteiger partial charge in [0.15, 0.2) is 0 Å². The van der Waals surface area contributed by atoms with Crippen LogP contribution in [-0.2, 0) is 0 Å². The number of fused-ring (bicyclic) bond motifs is 1. The summed E-state index contributed by atoms with van der Waals surface area (Å²) in [5.74, 6) is 0.983. The molecule has 0 amide bonds. The zero-order chi connectivity index (χ0) is 25.1. The van der Waals surface area contributed by atoms with E-state index in [4.69, 9.17) is 4.99 Å². The average Bonchev–Trinajstić information content (AvgIpc) is 3.34. The Labute approximate surface area is 223 Å². The minimum Gasteiger partial charge on any atom is -0.256 e. The highest BCUT2D eigenvalue weighted by Gasteiger charge is 2.48. The second-order valence-electron chi connectivity index (χ2n) is 11.5. The van der Waals surface area contributed by atoms with Crippen LogP contribution < -0.4 is 0 Å². The van der Waals surface area contributed by atoms with Gasteiger partial charge in [0.1, 0.15) is 0 Å². The summed E-state index contributed by atoms with van der Waals surface area (Å²) in [6, 6.07) is 33.9. The van der Waals surface area contributed by atoms with Gasteiger partial charge in [-0.25, -0.2) is 0 Å². The Morgan fingerprint density at radius 2 is 1.21 bits per heavy atom. The molecule has 0 saturated carbocycles. The predicted molar refractivity (Wildman–Crippen MR) is 156 cm³/mol. The highest BCUT2D eigenvalue weighted by Crippen LogP contribution is 2.61. The molecular formula is C37H27N. The molecule has 0 spiro atoms. The molecule has 0 saturated heterocycles. The lowest BCUT2D eigenvalue weighted by Gasteiger charge is -2.42. The van der Waals surface area contributed by atoms with Gasteiger partial charge in [0, 0.05) is 23.5 Å². The number of aryl methyl sites for hydroxylation is 2. The molecule has 5 aromatic carbocycles. The van der Waals surface area contributed by atoms with E-state index in [2.05, 4.69) is 117 Å². The lowest BCUT2D eigenvalue weighted by atomic mass is 9.60. The number of aliphatic imine (C=N–C) groups is 1. The lowest BCUT2D eigenvalue weighted by molar-refractivity contribution is 0.836. The summed E-state index contributed by atoms with van der Waals surface area (Å²) in [6.07, 6.45) is 4.91. The number of benzene rings is 5. The second-order valence-corrected chi connectivity index (χ2v) is 11.5. The van der Waals surface area contributed by atoms with E-state index >= 15 is 0 Å². The van der Waals surface area contributed by atoms with E-state index in [1.165, 1.54) is 77.8 Å². The maximum atomic E-state index is 5.42. The largest absolute Gasteiger partial charge is 0.256 e. The van der Waals surface area contributed by atoms with Crippen LogP contribution in [0.2, 0.25) is 0 Å². The average molecular weight is 486 g/mol. The third-order valence-corrected chi connectivity index (χ3v) is 9.56. The van der Waals surface area contributed by atoms with Crippen LogP contribution in [0.25, 0.3) is 10.8 Å². The Hall–Kier alpha value is -4.23. The van der Waals surface area contributed by atoms with Crippen molar-refractivity contribution in [2.75, 3.05) is 0 Å². The maximum absolute atomic E-state index is 5.42. The third kappa shape index (κ3) is 2.45. The summed E-state index contributed by atoms with van der Waals surface area (Å²) in [7, 11) is 0. The first-order chi connectivity index (χ1) is 18.7. The highest BCUT2D eigenvalue weighted by atomic mass is 14.8. The molecular weight excluding hydrogens is 458 g/mol. The SMILES string of the molecule is Cc1cc2c3c4c5c(cc(C)c14)C(c1ccccc1)c1cccc4c1C5C(=N4)C3C=CC2c1ccccc1. The van der Waals surface area contributed by atoms with E-state index in [9.17, 15) is 0 Å². The van der Waals surface area contributed by atoms with E-state index in [0.717, 1.165) is 0 Å². The topological polar surface area (TPSA) is 12.4 Å². The normalized spacial score (nSPS) is 23.1. The summed E-state index contributed by atoms with van der Waals surface area (Å²) in [5, 5.41) is 2.96. The Morgan fingerprint density at radius 1 is 0.526 bits per heavy atom. The van der Waals surface area contributed by atoms with Crippen LogP contribution in [0.1, 0.15) is 79.3 Å². The standard InChI is InChI=1S/C37H27N/c1-20-18-27-24(22-10-5-3-6-11-22)16-17-26-32(27)35-30(20)21(2)19-28-31(23-12-7-4-8-13-23)25-14-9-15-29-33(25)36(34(28)35)37(26)38-29/h3-19,24,26,31,36H,1-2H3. The Bertz CT molecular complexity index is 1890. The third-order valence-electron chi connectivity index (χ3n) is 9.56. The molecule has 1 aliphatic heterocycles. The molecule has 4 atom stereocenters. The number of nitrogens with zero attached hydrogens (tertiary/aromatic N) is 1. The Kier molecular flexibility index (Phi) is 3.94. The predicted octanol–water partition coefficient (Wildman–Crippen LogP) is 8.97. The quantitative estimate of drug-likeness (QED) is 0.221. The first kappa shape index (κ1) is 20.8. The van der Waals surface area contributed by atoms with Crippen LogP contribution in [-0.4, -0.2) is 5.71 Å². The minimum atomic E-state index is 0.229. The highest BCUT2D eigenvalue weighted by molar-refractivity contribution is 6.16. The van der Waals surface area contributed by atoms with Gasteiger partial charge in [-0.05, 0) is 86.3 Å². The van der Waals surface area contributed by atoms with Gasteiger partial charge in [-0.2, -0.15) is 0 Å². The summed E-state index contributed by atoms with van der Waals surface area (Å²) in [6.45, 7) is 4.64. The number of allylic oxidation sites excluding steroid dienone is 2. The molecule has 38 heavy (non-hydrogen) atoms. The molecule has 4 unspecified atom stereocenters.